The van der Waals surface area contributed by atoms with E-state index in [2.05, 4.69) is 166 Å². The number of benzene rings is 9. The summed E-state index contributed by atoms with van der Waals surface area (Å²) in [4.78, 5) is 13.0. The van der Waals surface area contributed by atoms with Crippen molar-refractivity contribution in [3.05, 3.63) is 212 Å². The molecule has 7 heteroatoms. The molecule has 0 saturated carbocycles. The highest BCUT2D eigenvalue weighted by molar-refractivity contribution is 6.16. The third-order valence-electron chi connectivity index (χ3n) is 12.9. The van der Waals surface area contributed by atoms with Gasteiger partial charge in [-0.15, -0.1) is 0 Å². The van der Waals surface area contributed by atoms with Gasteiger partial charge in [0.25, 0.3) is 0 Å². The predicted octanol–water partition coefficient (Wildman–Crippen LogP) is 15.4. The van der Waals surface area contributed by atoms with Crippen molar-refractivity contribution in [2.24, 2.45) is 0 Å². The molecular formula is C58H35N5O2. The van der Waals surface area contributed by atoms with Crippen LogP contribution in [0.1, 0.15) is 0 Å². The third-order valence-corrected chi connectivity index (χ3v) is 12.9. The molecule has 14 rings (SSSR count). The second-order valence-electron chi connectivity index (χ2n) is 16.6. The largest absolute Gasteiger partial charge is 0.453 e. The van der Waals surface area contributed by atoms with Gasteiger partial charge in [0.1, 0.15) is 11.3 Å². The zero-order valence-corrected chi connectivity index (χ0v) is 34.8. The lowest BCUT2D eigenvalue weighted by Gasteiger charge is -2.38. The lowest BCUT2D eigenvalue weighted by molar-refractivity contribution is 0.446. The number of rotatable bonds is 5. The van der Waals surface area contributed by atoms with Crippen LogP contribution in [-0.4, -0.2) is 19.1 Å². The molecule has 65 heavy (non-hydrogen) atoms. The summed E-state index contributed by atoms with van der Waals surface area (Å²) < 4.78 is 18.0. The molecule has 3 aromatic heterocycles. The van der Waals surface area contributed by atoms with E-state index in [1.165, 1.54) is 0 Å². The van der Waals surface area contributed by atoms with Gasteiger partial charge < -0.3 is 14.0 Å². The van der Waals surface area contributed by atoms with E-state index in [0.717, 1.165) is 123 Å². The molecule has 2 aliphatic heterocycles. The predicted molar refractivity (Wildman–Crippen MR) is 262 cm³/mol. The van der Waals surface area contributed by atoms with Crippen molar-refractivity contribution in [1.82, 2.24) is 19.1 Å². The standard InChI is InChI=1S/C58H35N5O2/c1-4-16-36(17-5-1)55-54-44-35-41(29-31-47(44)62(40-20-8-3-9-21-40)58(54)60-57(59-55)37-18-6-2-7-19-37)61-45-23-11-10-22-42(45)43-32-38(28-30-46(43)61)39-33-52-56-53(34-39)65-51-27-15-13-25-49(51)63(56)48-24-12-14-26-50(48)64-52/h1-35H. The van der Waals surface area contributed by atoms with E-state index in [4.69, 9.17) is 19.4 Å². The Balaban J connectivity index is 0.975. The second kappa shape index (κ2) is 13.8. The highest BCUT2D eigenvalue weighted by Crippen LogP contribution is 2.60. The van der Waals surface area contributed by atoms with Crippen LogP contribution in [0.2, 0.25) is 0 Å². The van der Waals surface area contributed by atoms with E-state index >= 15 is 0 Å². The smallest absolute Gasteiger partial charge is 0.162 e. The van der Waals surface area contributed by atoms with Crippen molar-refractivity contribution in [2.75, 3.05) is 4.90 Å². The Kier molecular flexibility index (Phi) is 7.55. The number of fused-ring (bicyclic) bond motifs is 10. The van der Waals surface area contributed by atoms with Gasteiger partial charge in [-0.2, -0.15) is 0 Å². The second-order valence-corrected chi connectivity index (χ2v) is 16.6. The fraction of sp³-hybridized carbons (Fsp3) is 0. The summed E-state index contributed by atoms with van der Waals surface area (Å²) in [7, 11) is 0. The lowest BCUT2D eigenvalue weighted by Crippen LogP contribution is -2.20. The molecule has 0 atom stereocenters. The van der Waals surface area contributed by atoms with Crippen LogP contribution in [-0.2, 0) is 0 Å². The first kappa shape index (κ1) is 35.6. The first-order valence-electron chi connectivity index (χ1n) is 21.8. The highest BCUT2D eigenvalue weighted by atomic mass is 16.5. The molecule has 0 saturated heterocycles. The molecule has 0 N–H and O–H groups in total. The minimum absolute atomic E-state index is 0.684. The summed E-state index contributed by atoms with van der Waals surface area (Å²) in [5.41, 5.74) is 14.1. The van der Waals surface area contributed by atoms with Crippen LogP contribution >= 0.6 is 0 Å². The number of para-hydroxylation sites is 6. The number of ether oxygens (including phenoxy) is 2. The minimum atomic E-state index is 0.684. The first-order chi connectivity index (χ1) is 32.2. The number of hydrogen-bond donors (Lipinski definition) is 0. The molecular weight excluding hydrogens is 799 g/mol. The van der Waals surface area contributed by atoms with Crippen molar-refractivity contribution >= 4 is 60.8 Å². The maximum Gasteiger partial charge on any atom is 0.162 e. The van der Waals surface area contributed by atoms with E-state index < -0.39 is 0 Å². The van der Waals surface area contributed by atoms with Crippen LogP contribution in [0.4, 0.5) is 17.1 Å². The van der Waals surface area contributed by atoms with Crippen molar-refractivity contribution in [2.45, 2.75) is 0 Å². The Morgan fingerprint density at radius 1 is 0.354 bits per heavy atom. The summed E-state index contributed by atoms with van der Waals surface area (Å²) in [6, 6.07) is 74.1. The van der Waals surface area contributed by atoms with Crippen LogP contribution in [0.3, 0.4) is 0 Å². The quantitative estimate of drug-likeness (QED) is 0.173. The Bertz CT molecular complexity index is 3830. The van der Waals surface area contributed by atoms with E-state index in [-0.39, 0.29) is 0 Å². The zero-order chi connectivity index (χ0) is 42.6. The van der Waals surface area contributed by atoms with E-state index in [1.54, 1.807) is 0 Å². The van der Waals surface area contributed by atoms with Gasteiger partial charge in [-0.25, -0.2) is 9.97 Å². The van der Waals surface area contributed by atoms with Crippen LogP contribution < -0.4 is 14.4 Å². The molecule has 0 spiro atoms. The van der Waals surface area contributed by atoms with Crippen LogP contribution in [0.25, 0.3) is 88.9 Å². The van der Waals surface area contributed by atoms with Gasteiger partial charge in [-0.1, -0.05) is 127 Å². The molecule has 0 bridgehead atoms. The average Bonchev–Trinajstić information content (AvgIpc) is 3.88. The van der Waals surface area contributed by atoms with E-state index in [1.807, 2.05) is 60.7 Å². The Labute approximate surface area is 373 Å². The van der Waals surface area contributed by atoms with Crippen molar-refractivity contribution in [1.29, 1.82) is 0 Å². The third kappa shape index (κ3) is 5.36. The summed E-state index contributed by atoms with van der Waals surface area (Å²) in [5.74, 6) is 3.81. The van der Waals surface area contributed by atoms with Crippen molar-refractivity contribution in [3.63, 3.8) is 0 Å². The number of hydrogen-bond acceptors (Lipinski definition) is 5. The molecule has 9 aromatic carbocycles. The molecule has 0 unspecified atom stereocenters. The Morgan fingerprint density at radius 2 is 0.938 bits per heavy atom. The number of aromatic nitrogens is 4. The molecule has 0 aliphatic carbocycles. The number of anilines is 3. The lowest BCUT2D eigenvalue weighted by atomic mass is 9.99. The fourth-order valence-corrected chi connectivity index (χ4v) is 10.0. The molecule has 2 aliphatic rings. The summed E-state index contributed by atoms with van der Waals surface area (Å²) >= 11 is 0. The van der Waals surface area contributed by atoms with Crippen LogP contribution in [0.15, 0.2) is 212 Å². The maximum atomic E-state index is 6.65. The SMILES string of the molecule is c1ccc(-c2nc(-c3ccccc3)c3c4cc(-n5c6ccccc6c6cc(-c7cc8c9c(c7)Oc7ccccc7N9c7ccccc7O8)ccc65)ccc4n(-c4ccccc4)c3n2)cc1. The molecule has 304 valence electrons. The zero-order valence-electron chi connectivity index (χ0n) is 34.8. The van der Waals surface area contributed by atoms with Gasteiger partial charge >= 0.3 is 0 Å². The van der Waals surface area contributed by atoms with Crippen molar-refractivity contribution < 1.29 is 9.47 Å². The van der Waals surface area contributed by atoms with Gasteiger partial charge in [0.15, 0.2) is 28.8 Å². The molecule has 12 aromatic rings. The highest BCUT2D eigenvalue weighted by Gasteiger charge is 2.35. The Morgan fingerprint density at radius 3 is 1.66 bits per heavy atom. The molecule has 5 heterocycles. The monoisotopic (exact) mass is 833 g/mol. The van der Waals surface area contributed by atoms with Gasteiger partial charge in [-0.05, 0) is 96.1 Å². The normalized spacial score (nSPS) is 12.5. The topological polar surface area (TPSA) is 57.3 Å². The van der Waals surface area contributed by atoms with Gasteiger partial charge in [0.05, 0.1) is 39.0 Å². The fourth-order valence-electron chi connectivity index (χ4n) is 10.0. The van der Waals surface area contributed by atoms with Gasteiger partial charge in [-0.3, -0.25) is 9.47 Å². The molecule has 0 radical (unpaired) electrons. The number of nitrogens with zero attached hydrogens (tertiary/aromatic N) is 5. The van der Waals surface area contributed by atoms with Crippen LogP contribution in [0, 0.1) is 0 Å². The van der Waals surface area contributed by atoms with Crippen LogP contribution in [0.5, 0.6) is 23.0 Å². The van der Waals surface area contributed by atoms with Gasteiger partial charge in [0.2, 0.25) is 0 Å². The van der Waals surface area contributed by atoms with E-state index in [0.29, 0.717) is 5.82 Å². The van der Waals surface area contributed by atoms with Gasteiger partial charge in [0, 0.05) is 38.7 Å². The molecule has 0 fully saturated rings. The Hall–Kier alpha value is -8.94. The summed E-state index contributed by atoms with van der Waals surface area (Å²) in [6.45, 7) is 0. The first-order valence-corrected chi connectivity index (χ1v) is 21.8. The minimum Gasteiger partial charge on any atom is -0.453 e. The molecule has 0 amide bonds. The molecule has 7 nitrogen and oxygen atoms in total. The van der Waals surface area contributed by atoms with E-state index in [9.17, 15) is 0 Å². The summed E-state index contributed by atoms with van der Waals surface area (Å²) in [6.07, 6.45) is 0. The van der Waals surface area contributed by atoms with Crippen molar-refractivity contribution in [3.8, 4) is 68.1 Å². The maximum absolute atomic E-state index is 6.65. The summed E-state index contributed by atoms with van der Waals surface area (Å²) in [5, 5.41) is 4.39. The average molecular weight is 834 g/mol.